The number of phenolic OH excluding ortho intramolecular Hbond substituents is 1. The van der Waals surface area contributed by atoms with Crippen LogP contribution >= 0.6 is 0 Å². The number of rotatable bonds is 2. The van der Waals surface area contributed by atoms with E-state index in [-0.39, 0.29) is 11.4 Å². The lowest BCUT2D eigenvalue weighted by Crippen LogP contribution is -1.89. The summed E-state index contributed by atoms with van der Waals surface area (Å²) >= 11 is 0. The molecule has 19 heavy (non-hydrogen) atoms. The molecule has 0 saturated carbocycles. The van der Waals surface area contributed by atoms with Gasteiger partial charge in [0, 0.05) is 11.8 Å². The molecule has 0 saturated heterocycles. The molecule has 2 aromatic carbocycles. The highest BCUT2D eigenvalue weighted by molar-refractivity contribution is 5.86. The van der Waals surface area contributed by atoms with Gasteiger partial charge in [-0.3, -0.25) is 0 Å². The number of phenols is 1. The predicted octanol–water partition coefficient (Wildman–Crippen LogP) is 4.04. The molecule has 0 unspecified atom stereocenters. The van der Waals surface area contributed by atoms with E-state index in [1.165, 1.54) is 12.3 Å². The summed E-state index contributed by atoms with van der Waals surface area (Å²) < 4.78 is 26.8. The van der Waals surface area contributed by atoms with Gasteiger partial charge in [0.15, 0.2) is 11.6 Å². The molecular weight excluding hydrogens is 248 g/mol. The largest absolute Gasteiger partial charge is 0.507 e. The normalized spacial score (nSPS) is 11.2. The summed E-state index contributed by atoms with van der Waals surface area (Å²) in [7, 11) is 0. The van der Waals surface area contributed by atoms with Gasteiger partial charge in [-0.25, -0.2) is 13.8 Å². The van der Waals surface area contributed by atoms with E-state index in [0.29, 0.717) is 11.1 Å². The number of nitrogens with zero attached hydrogens (tertiary/aromatic N) is 1. The fourth-order valence-electron chi connectivity index (χ4n) is 1.84. The van der Waals surface area contributed by atoms with Crippen LogP contribution < -0.4 is 0 Å². The van der Waals surface area contributed by atoms with E-state index < -0.39 is 11.6 Å². The van der Waals surface area contributed by atoms with E-state index in [1.54, 1.807) is 13.0 Å². The number of aliphatic imine (C=N–C) groups is 1. The monoisotopic (exact) mass is 261 g/mol. The number of hydrogen-bond donors (Lipinski definition) is 1. The van der Waals surface area contributed by atoms with Crippen molar-refractivity contribution in [3.05, 3.63) is 58.7 Å². The maximum Gasteiger partial charge on any atom is 0.151 e. The van der Waals surface area contributed by atoms with E-state index in [0.717, 1.165) is 17.7 Å². The number of aromatic hydroxyl groups is 1. The Balaban J connectivity index is 2.44. The first kappa shape index (κ1) is 13.2. The third-order valence-electron chi connectivity index (χ3n) is 2.74. The van der Waals surface area contributed by atoms with Crippen LogP contribution in [0.25, 0.3) is 0 Å². The van der Waals surface area contributed by atoms with Crippen molar-refractivity contribution in [3.8, 4) is 5.75 Å². The Morgan fingerprint density at radius 2 is 1.74 bits per heavy atom. The fraction of sp³-hybridized carbons (Fsp3) is 0.133. The van der Waals surface area contributed by atoms with Gasteiger partial charge in [0.2, 0.25) is 0 Å². The van der Waals surface area contributed by atoms with E-state index in [2.05, 4.69) is 4.99 Å². The molecule has 0 atom stereocenters. The summed E-state index contributed by atoms with van der Waals surface area (Å²) in [5, 5.41) is 9.86. The summed E-state index contributed by atoms with van der Waals surface area (Å²) in [6.07, 6.45) is 1.26. The summed E-state index contributed by atoms with van der Waals surface area (Å²) in [6, 6.07) is 7.06. The standard InChI is InChI=1S/C15H13F2NO/c1-9-6-10(2)15(19)11(7-9)8-18-14-12(16)4-3-5-13(14)17/h3-8,19H,1-2H3. The molecule has 0 aliphatic carbocycles. The summed E-state index contributed by atoms with van der Waals surface area (Å²) in [5.41, 5.74) is 1.70. The third-order valence-corrected chi connectivity index (χ3v) is 2.74. The van der Waals surface area contributed by atoms with Crippen molar-refractivity contribution in [1.29, 1.82) is 0 Å². The Morgan fingerprint density at radius 3 is 2.37 bits per heavy atom. The molecule has 4 heteroatoms. The van der Waals surface area contributed by atoms with Crippen LogP contribution in [0.2, 0.25) is 0 Å². The highest BCUT2D eigenvalue weighted by atomic mass is 19.1. The minimum Gasteiger partial charge on any atom is -0.507 e. The smallest absolute Gasteiger partial charge is 0.151 e. The van der Waals surface area contributed by atoms with Gasteiger partial charge < -0.3 is 5.11 Å². The average Bonchev–Trinajstić information content (AvgIpc) is 2.34. The molecule has 0 fully saturated rings. The van der Waals surface area contributed by atoms with Crippen LogP contribution in [0.1, 0.15) is 16.7 Å². The predicted molar refractivity (Wildman–Crippen MR) is 71.2 cm³/mol. The fourth-order valence-corrected chi connectivity index (χ4v) is 1.84. The van der Waals surface area contributed by atoms with E-state index >= 15 is 0 Å². The molecule has 0 amide bonds. The molecule has 98 valence electrons. The van der Waals surface area contributed by atoms with Crippen molar-refractivity contribution >= 4 is 11.9 Å². The maximum absolute atomic E-state index is 13.4. The first-order valence-corrected chi connectivity index (χ1v) is 5.77. The first-order chi connectivity index (χ1) is 8.99. The topological polar surface area (TPSA) is 32.6 Å². The molecule has 2 rings (SSSR count). The molecule has 0 radical (unpaired) electrons. The highest BCUT2D eigenvalue weighted by Crippen LogP contribution is 2.25. The second-order valence-corrected chi connectivity index (χ2v) is 4.35. The van der Waals surface area contributed by atoms with Gasteiger partial charge in [0.1, 0.15) is 11.4 Å². The Kier molecular flexibility index (Phi) is 3.60. The van der Waals surface area contributed by atoms with Crippen molar-refractivity contribution in [2.75, 3.05) is 0 Å². The molecule has 0 aliphatic heterocycles. The summed E-state index contributed by atoms with van der Waals surface area (Å²) in [5.74, 6) is -1.41. The lowest BCUT2D eigenvalue weighted by Gasteiger charge is -2.05. The molecular formula is C15H13F2NO. The lowest BCUT2D eigenvalue weighted by atomic mass is 10.1. The van der Waals surface area contributed by atoms with Gasteiger partial charge in [-0.2, -0.15) is 0 Å². The van der Waals surface area contributed by atoms with Gasteiger partial charge in [-0.15, -0.1) is 0 Å². The minimum atomic E-state index is -0.736. The minimum absolute atomic E-state index is 0.0612. The number of benzene rings is 2. The molecule has 0 spiro atoms. The second kappa shape index (κ2) is 5.18. The van der Waals surface area contributed by atoms with Gasteiger partial charge >= 0.3 is 0 Å². The molecule has 1 N–H and O–H groups in total. The number of para-hydroxylation sites is 1. The van der Waals surface area contributed by atoms with E-state index in [4.69, 9.17) is 0 Å². The SMILES string of the molecule is Cc1cc(C)c(O)c(C=Nc2c(F)cccc2F)c1. The third kappa shape index (κ3) is 2.78. The molecule has 2 nitrogen and oxygen atoms in total. The van der Waals surface area contributed by atoms with Crippen LogP contribution in [0.5, 0.6) is 5.75 Å². The number of hydrogen-bond acceptors (Lipinski definition) is 2. The van der Waals surface area contributed by atoms with Gasteiger partial charge in [-0.1, -0.05) is 12.1 Å². The van der Waals surface area contributed by atoms with Gasteiger partial charge in [0.25, 0.3) is 0 Å². The highest BCUT2D eigenvalue weighted by Gasteiger charge is 2.07. The summed E-state index contributed by atoms with van der Waals surface area (Å²) in [4.78, 5) is 3.78. The maximum atomic E-state index is 13.4. The molecule has 2 aromatic rings. The number of halogens is 2. The van der Waals surface area contributed by atoms with Gasteiger partial charge in [-0.05, 0) is 43.2 Å². The van der Waals surface area contributed by atoms with Crippen LogP contribution in [-0.4, -0.2) is 11.3 Å². The average molecular weight is 261 g/mol. The number of aryl methyl sites for hydroxylation is 2. The van der Waals surface area contributed by atoms with Crippen molar-refractivity contribution in [2.24, 2.45) is 4.99 Å². The van der Waals surface area contributed by atoms with Crippen molar-refractivity contribution in [2.45, 2.75) is 13.8 Å². The Morgan fingerprint density at radius 1 is 1.11 bits per heavy atom. The molecule has 0 heterocycles. The summed E-state index contributed by atoms with van der Waals surface area (Å²) in [6.45, 7) is 3.62. The van der Waals surface area contributed by atoms with Crippen LogP contribution in [-0.2, 0) is 0 Å². The quantitative estimate of drug-likeness (QED) is 0.813. The zero-order valence-corrected chi connectivity index (χ0v) is 10.6. The molecule has 0 bridgehead atoms. The van der Waals surface area contributed by atoms with Crippen LogP contribution in [0.15, 0.2) is 35.3 Å². The van der Waals surface area contributed by atoms with Crippen molar-refractivity contribution < 1.29 is 13.9 Å². The zero-order chi connectivity index (χ0) is 14.0. The van der Waals surface area contributed by atoms with E-state index in [1.807, 2.05) is 13.0 Å². The van der Waals surface area contributed by atoms with Crippen LogP contribution in [0.4, 0.5) is 14.5 Å². The van der Waals surface area contributed by atoms with Gasteiger partial charge in [0.05, 0.1) is 0 Å². The Bertz CT molecular complexity index is 631. The van der Waals surface area contributed by atoms with Crippen molar-refractivity contribution in [1.82, 2.24) is 0 Å². The van der Waals surface area contributed by atoms with Crippen molar-refractivity contribution in [3.63, 3.8) is 0 Å². The van der Waals surface area contributed by atoms with Crippen LogP contribution in [0, 0.1) is 25.5 Å². The molecule has 0 aromatic heterocycles. The lowest BCUT2D eigenvalue weighted by molar-refractivity contribution is 0.470. The van der Waals surface area contributed by atoms with Crippen LogP contribution in [0.3, 0.4) is 0 Å². The first-order valence-electron chi connectivity index (χ1n) is 5.77. The van der Waals surface area contributed by atoms with E-state index in [9.17, 15) is 13.9 Å². The zero-order valence-electron chi connectivity index (χ0n) is 10.6. The Hall–Kier alpha value is -2.23. The Labute approximate surface area is 110 Å². The second-order valence-electron chi connectivity index (χ2n) is 4.35. The molecule has 0 aliphatic rings.